The molecule has 0 fully saturated rings. The molecule has 0 aliphatic carbocycles. The summed E-state index contributed by atoms with van der Waals surface area (Å²) in [5.41, 5.74) is 5.71. The normalized spacial score (nSPS) is 10.2. The Kier molecular flexibility index (Phi) is 6.09. The van der Waals surface area contributed by atoms with Crippen LogP contribution >= 0.6 is 11.3 Å². The molecule has 6 nitrogen and oxygen atoms in total. The van der Waals surface area contributed by atoms with E-state index in [1.165, 1.54) is 11.3 Å². The fraction of sp³-hybridized carbons (Fsp3) is 0.375. The van der Waals surface area contributed by atoms with Crippen molar-refractivity contribution in [3.8, 4) is 0 Å². The third-order valence-electron chi connectivity index (χ3n) is 1.36. The summed E-state index contributed by atoms with van der Waals surface area (Å²) in [5.74, 6) is -3.11. The van der Waals surface area contributed by atoms with Crippen LogP contribution in [0.3, 0.4) is 0 Å². The van der Waals surface area contributed by atoms with Crippen molar-refractivity contribution in [1.29, 1.82) is 0 Å². The lowest BCUT2D eigenvalue weighted by molar-refractivity contribution is -0.192. The summed E-state index contributed by atoms with van der Waals surface area (Å²) < 4.78 is 31.7. The van der Waals surface area contributed by atoms with E-state index in [1.54, 1.807) is 7.05 Å². The van der Waals surface area contributed by atoms with Crippen LogP contribution in [0.1, 0.15) is 5.69 Å². The molecule has 0 aliphatic heterocycles. The van der Waals surface area contributed by atoms with E-state index in [0.717, 1.165) is 10.8 Å². The highest BCUT2D eigenvalue weighted by atomic mass is 32.1. The van der Waals surface area contributed by atoms with Crippen LogP contribution in [0, 0.1) is 0 Å². The molecule has 0 saturated carbocycles. The number of aliphatic carboxylic acids is 1. The molecule has 0 bridgehead atoms. The van der Waals surface area contributed by atoms with Crippen molar-refractivity contribution in [1.82, 2.24) is 4.98 Å². The third kappa shape index (κ3) is 6.68. The standard InChI is InChI=1S/C6H9N3OS.C2HF3O2/c1-8-6-9-4(3-11-6)2-5(7)10;3-2(4,5)1(6)7/h3H,2H2,1H3,(H2,7,10)(H,8,9);(H,6,7). The molecule has 4 N–H and O–H groups in total. The van der Waals surface area contributed by atoms with Crippen molar-refractivity contribution in [2.45, 2.75) is 12.6 Å². The van der Waals surface area contributed by atoms with Crippen molar-refractivity contribution in [2.75, 3.05) is 12.4 Å². The molecular weight excluding hydrogens is 275 g/mol. The zero-order valence-electron chi connectivity index (χ0n) is 9.11. The van der Waals surface area contributed by atoms with Crippen molar-refractivity contribution in [3.63, 3.8) is 0 Å². The molecule has 0 unspecified atom stereocenters. The monoisotopic (exact) mass is 285 g/mol. The van der Waals surface area contributed by atoms with E-state index in [0.29, 0.717) is 0 Å². The summed E-state index contributed by atoms with van der Waals surface area (Å²) in [6.07, 6.45) is -4.86. The van der Waals surface area contributed by atoms with Crippen LogP contribution in [-0.2, 0) is 16.0 Å². The highest BCUT2D eigenvalue weighted by molar-refractivity contribution is 7.13. The number of anilines is 1. The predicted molar refractivity (Wildman–Crippen MR) is 58.2 cm³/mol. The topological polar surface area (TPSA) is 105 Å². The van der Waals surface area contributed by atoms with Crippen LogP contribution < -0.4 is 11.1 Å². The number of nitrogens with two attached hydrogens (primary N) is 1. The van der Waals surface area contributed by atoms with Crippen LogP contribution in [0.4, 0.5) is 18.3 Å². The summed E-state index contributed by atoms with van der Waals surface area (Å²) in [6, 6.07) is 0. The van der Waals surface area contributed by atoms with E-state index in [-0.39, 0.29) is 12.3 Å². The van der Waals surface area contributed by atoms with Gasteiger partial charge in [0.2, 0.25) is 5.91 Å². The minimum atomic E-state index is -5.08. The number of halogens is 3. The number of carbonyl (C=O) groups is 2. The quantitative estimate of drug-likeness (QED) is 0.763. The van der Waals surface area contributed by atoms with Gasteiger partial charge >= 0.3 is 12.1 Å². The predicted octanol–water partition coefficient (Wildman–Crippen LogP) is 0.846. The number of thiazole rings is 1. The van der Waals surface area contributed by atoms with Gasteiger partial charge in [-0.05, 0) is 0 Å². The average molecular weight is 285 g/mol. The lowest BCUT2D eigenvalue weighted by atomic mass is 10.3. The molecule has 1 heterocycles. The zero-order chi connectivity index (χ0) is 14.3. The number of rotatable bonds is 3. The van der Waals surface area contributed by atoms with Gasteiger partial charge in [0.1, 0.15) is 0 Å². The molecule has 0 saturated heterocycles. The maximum Gasteiger partial charge on any atom is 0.490 e. The van der Waals surface area contributed by atoms with Gasteiger partial charge in [-0.3, -0.25) is 4.79 Å². The molecule has 0 aromatic carbocycles. The molecule has 1 rings (SSSR count). The maximum absolute atomic E-state index is 10.6. The second-order valence-corrected chi connectivity index (χ2v) is 3.70. The van der Waals surface area contributed by atoms with E-state index in [2.05, 4.69) is 10.3 Å². The molecule has 1 aromatic heterocycles. The molecule has 0 atom stereocenters. The Morgan fingerprint density at radius 1 is 1.56 bits per heavy atom. The Hall–Kier alpha value is -1.84. The molecule has 102 valence electrons. The largest absolute Gasteiger partial charge is 0.490 e. The summed E-state index contributed by atoms with van der Waals surface area (Å²) in [4.78, 5) is 23.4. The number of nitrogens with zero attached hydrogens (tertiary/aromatic N) is 1. The van der Waals surface area contributed by atoms with Crippen LogP contribution in [0.15, 0.2) is 5.38 Å². The first-order chi connectivity index (χ1) is 8.16. The molecular formula is C8H10F3N3O3S. The first kappa shape index (κ1) is 16.2. The SMILES string of the molecule is CNc1nc(CC(N)=O)cs1.O=C(O)C(F)(F)F. The minimum absolute atomic E-state index is 0.220. The fourth-order valence-electron chi connectivity index (χ4n) is 0.682. The van der Waals surface area contributed by atoms with Gasteiger partial charge in [-0.1, -0.05) is 0 Å². The summed E-state index contributed by atoms with van der Waals surface area (Å²) in [7, 11) is 1.78. The van der Waals surface area contributed by atoms with Gasteiger partial charge in [-0.25, -0.2) is 9.78 Å². The highest BCUT2D eigenvalue weighted by Crippen LogP contribution is 2.14. The third-order valence-corrected chi connectivity index (χ3v) is 2.27. The number of nitrogens with one attached hydrogen (secondary N) is 1. The van der Waals surface area contributed by atoms with Gasteiger partial charge in [0.25, 0.3) is 0 Å². The summed E-state index contributed by atoms with van der Waals surface area (Å²) in [5, 5.41) is 12.6. The first-order valence-corrected chi connectivity index (χ1v) is 5.25. The number of amides is 1. The van der Waals surface area contributed by atoms with Crippen molar-refractivity contribution in [3.05, 3.63) is 11.1 Å². The van der Waals surface area contributed by atoms with E-state index < -0.39 is 12.1 Å². The van der Waals surface area contributed by atoms with E-state index in [9.17, 15) is 18.0 Å². The van der Waals surface area contributed by atoms with Crippen LogP contribution in [-0.4, -0.2) is 35.2 Å². The molecule has 1 amide bonds. The number of carboxylic acid groups (broad SMARTS) is 1. The number of primary amides is 1. The van der Waals surface area contributed by atoms with Crippen molar-refractivity contribution < 1.29 is 27.9 Å². The molecule has 0 radical (unpaired) electrons. The lowest BCUT2D eigenvalue weighted by Crippen LogP contribution is -2.21. The fourth-order valence-corrected chi connectivity index (χ4v) is 1.35. The van der Waals surface area contributed by atoms with Gasteiger partial charge in [-0.15, -0.1) is 11.3 Å². The Morgan fingerprint density at radius 3 is 2.33 bits per heavy atom. The first-order valence-electron chi connectivity index (χ1n) is 4.37. The van der Waals surface area contributed by atoms with E-state index in [1.807, 2.05) is 5.38 Å². The van der Waals surface area contributed by atoms with E-state index in [4.69, 9.17) is 15.6 Å². The second-order valence-electron chi connectivity index (χ2n) is 2.84. The van der Waals surface area contributed by atoms with Gasteiger partial charge in [0.15, 0.2) is 5.13 Å². The minimum Gasteiger partial charge on any atom is -0.475 e. The smallest absolute Gasteiger partial charge is 0.475 e. The van der Waals surface area contributed by atoms with Crippen LogP contribution in [0.25, 0.3) is 0 Å². The van der Waals surface area contributed by atoms with Crippen LogP contribution in [0.5, 0.6) is 0 Å². The molecule has 18 heavy (non-hydrogen) atoms. The highest BCUT2D eigenvalue weighted by Gasteiger charge is 2.38. The Labute approximate surface area is 104 Å². The number of hydrogen-bond donors (Lipinski definition) is 3. The number of alkyl halides is 3. The lowest BCUT2D eigenvalue weighted by Gasteiger charge is -1.93. The van der Waals surface area contributed by atoms with Gasteiger partial charge in [-0.2, -0.15) is 13.2 Å². The summed E-state index contributed by atoms with van der Waals surface area (Å²) >= 11 is 1.46. The average Bonchev–Trinajstić information content (AvgIpc) is 2.64. The van der Waals surface area contributed by atoms with Crippen LogP contribution in [0.2, 0.25) is 0 Å². The number of carboxylic acids is 1. The van der Waals surface area contributed by atoms with Gasteiger partial charge in [0, 0.05) is 12.4 Å². The number of carbonyl (C=O) groups excluding carboxylic acids is 1. The zero-order valence-corrected chi connectivity index (χ0v) is 9.93. The Balaban J connectivity index is 0.000000360. The van der Waals surface area contributed by atoms with Gasteiger partial charge < -0.3 is 16.2 Å². The summed E-state index contributed by atoms with van der Waals surface area (Å²) in [6.45, 7) is 0. The number of aromatic nitrogens is 1. The molecule has 0 spiro atoms. The molecule has 0 aliphatic rings. The Morgan fingerprint density at radius 2 is 2.06 bits per heavy atom. The van der Waals surface area contributed by atoms with Gasteiger partial charge in [0.05, 0.1) is 12.1 Å². The Bertz CT molecular complexity index is 419. The molecule has 10 heteroatoms. The van der Waals surface area contributed by atoms with Crippen molar-refractivity contribution >= 4 is 28.3 Å². The maximum atomic E-state index is 10.6. The van der Waals surface area contributed by atoms with Crippen molar-refractivity contribution in [2.24, 2.45) is 5.73 Å². The second kappa shape index (κ2) is 6.79. The molecule has 1 aromatic rings. The van der Waals surface area contributed by atoms with E-state index >= 15 is 0 Å². The number of hydrogen-bond acceptors (Lipinski definition) is 5.